The van der Waals surface area contributed by atoms with Gasteiger partial charge in [0, 0.05) is 18.7 Å². The number of nitrogens with one attached hydrogen (secondary N) is 1. The molecule has 0 aliphatic carbocycles. The Morgan fingerprint density at radius 3 is 2.63 bits per heavy atom. The smallest absolute Gasteiger partial charge is 0.289 e. The highest BCUT2D eigenvalue weighted by Crippen LogP contribution is 2.22. The number of hydrogen-bond acceptors (Lipinski definition) is 7. The van der Waals surface area contributed by atoms with Crippen molar-refractivity contribution in [1.29, 1.82) is 0 Å². The van der Waals surface area contributed by atoms with Crippen molar-refractivity contribution in [2.24, 2.45) is 0 Å². The van der Waals surface area contributed by atoms with Crippen molar-refractivity contribution in [2.75, 3.05) is 6.54 Å². The minimum absolute atomic E-state index is 0.0623. The van der Waals surface area contributed by atoms with E-state index in [9.17, 15) is 23.3 Å². The average Bonchev–Trinajstić information content (AvgIpc) is 3.18. The first-order chi connectivity index (χ1) is 12.9. The van der Waals surface area contributed by atoms with Gasteiger partial charge in [-0.25, -0.2) is 17.8 Å². The summed E-state index contributed by atoms with van der Waals surface area (Å²) in [4.78, 5) is 21.7. The van der Waals surface area contributed by atoms with Gasteiger partial charge in [-0.2, -0.15) is 5.10 Å². The Morgan fingerprint density at radius 2 is 1.93 bits per heavy atom. The summed E-state index contributed by atoms with van der Waals surface area (Å²) in [6.45, 7) is -0.240. The summed E-state index contributed by atoms with van der Waals surface area (Å²) < 4.78 is 33.2. The first kappa shape index (κ1) is 18.5. The molecule has 0 bridgehead atoms. The number of benzene rings is 1. The van der Waals surface area contributed by atoms with Gasteiger partial charge in [0.05, 0.1) is 17.7 Å². The Morgan fingerprint density at radius 1 is 1.15 bits per heavy atom. The largest absolute Gasteiger partial charge is 0.463 e. The summed E-state index contributed by atoms with van der Waals surface area (Å²) in [6.07, 6.45) is 1.47. The molecule has 0 spiro atoms. The number of hydrogen-bond donors (Lipinski definition) is 1. The third-order valence-electron chi connectivity index (χ3n) is 3.61. The number of nitrogens with zero attached hydrogens (tertiary/aromatic N) is 3. The third kappa shape index (κ3) is 4.10. The van der Waals surface area contributed by atoms with Crippen molar-refractivity contribution < 1.29 is 17.8 Å². The van der Waals surface area contributed by atoms with Crippen molar-refractivity contribution in [3.05, 3.63) is 75.3 Å². The summed E-state index contributed by atoms with van der Waals surface area (Å²) in [5.41, 5.74) is -0.531. The number of furan rings is 1. The molecule has 140 valence electrons. The van der Waals surface area contributed by atoms with E-state index in [2.05, 4.69) is 9.82 Å². The molecule has 0 saturated heterocycles. The van der Waals surface area contributed by atoms with Crippen LogP contribution in [0.1, 0.15) is 0 Å². The highest BCUT2D eigenvalue weighted by Gasteiger charge is 2.24. The number of rotatable bonds is 7. The normalized spacial score (nSPS) is 11.4. The highest BCUT2D eigenvalue weighted by molar-refractivity contribution is 7.89. The fraction of sp³-hybridized carbons (Fsp3) is 0.125. The van der Waals surface area contributed by atoms with Crippen molar-refractivity contribution in [3.63, 3.8) is 0 Å². The molecule has 0 aliphatic rings. The zero-order valence-electron chi connectivity index (χ0n) is 13.8. The molecule has 10 nitrogen and oxygen atoms in total. The number of sulfonamides is 1. The zero-order valence-corrected chi connectivity index (χ0v) is 14.6. The molecule has 0 aliphatic heterocycles. The molecule has 1 N–H and O–H groups in total. The van der Waals surface area contributed by atoms with Crippen LogP contribution < -0.4 is 10.3 Å². The molecule has 0 fully saturated rings. The number of aromatic nitrogens is 2. The van der Waals surface area contributed by atoms with Gasteiger partial charge in [-0.1, -0.05) is 12.1 Å². The van der Waals surface area contributed by atoms with E-state index in [0.29, 0.717) is 11.5 Å². The predicted molar refractivity (Wildman–Crippen MR) is 94.5 cm³/mol. The summed E-state index contributed by atoms with van der Waals surface area (Å²) in [5.74, 6) is 0.462. The molecular weight excluding hydrogens is 376 g/mol. The van der Waals surface area contributed by atoms with Crippen molar-refractivity contribution in [1.82, 2.24) is 14.5 Å². The second kappa shape index (κ2) is 7.51. The van der Waals surface area contributed by atoms with Crippen molar-refractivity contribution in [2.45, 2.75) is 11.4 Å². The second-order valence-corrected chi connectivity index (χ2v) is 7.12. The van der Waals surface area contributed by atoms with Crippen molar-refractivity contribution in [3.8, 4) is 11.5 Å². The van der Waals surface area contributed by atoms with E-state index in [1.54, 1.807) is 12.1 Å². The Kier molecular flexibility index (Phi) is 5.14. The molecule has 0 saturated carbocycles. The molecule has 27 heavy (non-hydrogen) atoms. The van der Waals surface area contributed by atoms with Crippen molar-refractivity contribution >= 4 is 15.7 Å². The van der Waals surface area contributed by atoms with Crippen LogP contribution in [0.25, 0.3) is 11.5 Å². The Balaban J connectivity index is 1.76. The van der Waals surface area contributed by atoms with Gasteiger partial charge in [0.15, 0.2) is 10.7 Å². The molecule has 1 aromatic carbocycles. The number of nitro benzene ring substituents is 1. The summed E-state index contributed by atoms with van der Waals surface area (Å²) in [7, 11) is -4.13. The van der Waals surface area contributed by atoms with Crippen LogP contribution in [0.4, 0.5) is 5.69 Å². The SMILES string of the molecule is O=c1ccc(-c2ccco2)nn1CCNS(=O)(=O)c1ccccc1[N+](=O)[O-]. The van der Waals surface area contributed by atoms with Gasteiger partial charge >= 0.3 is 0 Å². The van der Waals surface area contributed by atoms with Crippen LogP contribution in [0, 0.1) is 10.1 Å². The van der Waals surface area contributed by atoms with Crippen LogP contribution >= 0.6 is 0 Å². The molecule has 0 amide bonds. The van der Waals surface area contributed by atoms with E-state index in [1.165, 1.54) is 30.5 Å². The summed E-state index contributed by atoms with van der Waals surface area (Å²) >= 11 is 0. The average molecular weight is 390 g/mol. The topological polar surface area (TPSA) is 137 Å². The molecule has 0 radical (unpaired) electrons. The molecule has 0 unspecified atom stereocenters. The van der Waals surface area contributed by atoms with E-state index < -0.39 is 31.1 Å². The van der Waals surface area contributed by atoms with E-state index in [0.717, 1.165) is 16.8 Å². The van der Waals surface area contributed by atoms with Gasteiger partial charge in [-0.3, -0.25) is 14.9 Å². The van der Waals surface area contributed by atoms with Gasteiger partial charge < -0.3 is 4.42 Å². The van der Waals surface area contributed by atoms with E-state index in [1.807, 2.05) is 0 Å². The lowest BCUT2D eigenvalue weighted by atomic mass is 10.3. The molecule has 2 heterocycles. The maximum Gasteiger partial charge on any atom is 0.289 e. The molecule has 3 rings (SSSR count). The monoisotopic (exact) mass is 390 g/mol. The molecular formula is C16H14N4O6S. The minimum Gasteiger partial charge on any atom is -0.463 e. The Labute approximate surface area is 153 Å². The first-order valence-corrected chi connectivity index (χ1v) is 9.22. The minimum atomic E-state index is -4.13. The van der Waals surface area contributed by atoms with Gasteiger partial charge in [0.2, 0.25) is 10.0 Å². The van der Waals surface area contributed by atoms with Crippen LogP contribution in [0.15, 0.2) is 68.9 Å². The van der Waals surface area contributed by atoms with Crippen LogP contribution in [-0.4, -0.2) is 29.7 Å². The van der Waals surface area contributed by atoms with E-state index in [4.69, 9.17) is 4.42 Å². The standard InChI is InChI=1S/C16H14N4O6S/c21-16-8-7-12(14-5-3-11-26-14)18-19(16)10-9-17-27(24,25)15-6-2-1-4-13(15)20(22)23/h1-8,11,17H,9-10H2. The predicted octanol–water partition coefficient (Wildman–Crippen LogP) is 1.39. The summed E-state index contributed by atoms with van der Waals surface area (Å²) in [5, 5.41) is 15.1. The van der Waals surface area contributed by atoms with Crippen LogP contribution in [0.2, 0.25) is 0 Å². The number of nitro groups is 1. The lowest BCUT2D eigenvalue weighted by Crippen LogP contribution is -2.32. The molecule has 3 aromatic rings. The van der Waals surface area contributed by atoms with E-state index in [-0.39, 0.29) is 13.1 Å². The Bertz CT molecular complexity index is 1120. The van der Waals surface area contributed by atoms with E-state index >= 15 is 0 Å². The molecule has 2 aromatic heterocycles. The second-order valence-electron chi connectivity index (χ2n) is 5.38. The van der Waals surface area contributed by atoms with Gasteiger partial charge in [0.1, 0.15) is 5.69 Å². The molecule has 11 heteroatoms. The first-order valence-electron chi connectivity index (χ1n) is 7.73. The lowest BCUT2D eigenvalue weighted by Gasteiger charge is -2.09. The maximum atomic E-state index is 12.3. The lowest BCUT2D eigenvalue weighted by molar-refractivity contribution is -0.387. The highest BCUT2D eigenvalue weighted by atomic mass is 32.2. The fourth-order valence-electron chi connectivity index (χ4n) is 2.36. The zero-order chi connectivity index (χ0) is 19.4. The fourth-order valence-corrected chi connectivity index (χ4v) is 3.55. The van der Waals surface area contributed by atoms with Crippen LogP contribution in [-0.2, 0) is 16.6 Å². The van der Waals surface area contributed by atoms with Gasteiger partial charge in [0.25, 0.3) is 11.2 Å². The maximum absolute atomic E-state index is 12.3. The Hall–Kier alpha value is -3.31. The number of para-hydroxylation sites is 1. The van der Waals surface area contributed by atoms with Gasteiger partial charge in [-0.15, -0.1) is 0 Å². The van der Waals surface area contributed by atoms with Crippen LogP contribution in [0.3, 0.4) is 0 Å². The van der Waals surface area contributed by atoms with Crippen LogP contribution in [0.5, 0.6) is 0 Å². The quantitative estimate of drug-likeness (QED) is 0.475. The van der Waals surface area contributed by atoms with Gasteiger partial charge in [-0.05, 0) is 24.3 Å². The third-order valence-corrected chi connectivity index (χ3v) is 5.12. The molecule has 0 atom stereocenters. The summed E-state index contributed by atoms with van der Waals surface area (Å²) in [6, 6.07) is 11.1.